The molecule has 0 spiro atoms. The van der Waals surface area contributed by atoms with Gasteiger partial charge in [0.05, 0.1) is 35.6 Å². The maximum atomic E-state index is 13.7. The zero-order valence-corrected chi connectivity index (χ0v) is 22.3. The average molecular weight is 525 g/mol. The van der Waals surface area contributed by atoms with Crippen LogP contribution in [0.3, 0.4) is 0 Å². The molecule has 0 saturated carbocycles. The Kier molecular flexibility index (Phi) is 7.49. The summed E-state index contributed by atoms with van der Waals surface area (Å²) in [4.78, 5) is 43.5. The number of aromatic nitrogens is 1. The molecule has 1 aliphatic heterocycles. The van der Waals surface area contributed by atoms with Crippen molar-refractivity contribution in [3.8, 4) is 11.5 Å². The Morgan fingerprint density at radius 3 is 2.57 bits per heavy atom. The SMILES string of the molecule is COc1cc([C@@H]2C(C(=O)OCC(C)C)=C(C)N=c3s/c(=C/c4ccc(C)o4)c(=O)n32)ccc1OC(C)=O. The number of ether oxygens (including phenoxy) is 3. The highest BCUT2D eigenvalue weighted by Crippen LogP contribution is 2.36. The normalized spacial score (nSPS) is 15.4. The third-order valence-electron chi connectivity index (χ3n) is 5.58. The Labute approximate surface area is 217 Å². The van der Waals surface area contributed by atoms with E-state index in [1.54, 1.807) is 37.3 Å². The van der Waals surface area contributed by atoms with Crippen molar-refractivity contribution >= 4 is 29.4 Å². The third kappa shape index (κ3) is 5.43. The number of benzene rings is 1. The van der Waals surface area contributed by atoms with Crippen LogP contribution in [0.2, 0.25) is 0 Å². The molecule has 9 nitrogen and oxygen atoms in total. The molecule has 0 saturated heterocycles. The molecule has 0 unspecified atom stereocenters. The van der Waals surface area contributed by atoms with Gasteiger partial charge in [-0.2, -0.15) is 0 Å². The minimum absolute atomic E-state index is 0.129. The number of carbonyl (C=O) groups excluding carboxylic acids is 2. The van der Waals surface area contributed by atoms with Gasteiger partial charge in [0.25, 0.3) is 5.56 Å². The third-order valence-corrected chi connectivity index (χ3v) is 6.56. The molecule has 1 aliphatic rings. The molecule has 0 bridgehead atoms. The van der Waals surface area contributed by atoms with Gasteiger partial charge in [0.2, 0.25) is 0 Å². The van der Waals surface area contributed by atoms with Crippen LogP contribution >= 0.6 is 11.3 Å². The first-order valence-corrected chi connectivity index (χ1v) is 12.5. The topological polar surface area (TPSA) is 109 Å². The molecule has 3 heterocycles. The van der Waals surface area contributed by atoms with E-state index in [2.05, 4.69) is 4.99 Å². The largest absolute Gasteiger partial charge is 0.493 e. The molecule has 3 aromatic rings. The van der Waals surface area contributed by atoms with Gasteiger partial charge in [-0.25, -0.2) is 9.79 Å². The zero-order chi connectivity index (χ0) is 26.9. The van der Waals surface area contributed by atoms with Gasteiger partial charge < -0.3 is 18.6 Å². The van der Waals surface area contributed by atoms with Gasteiger partial charge in [-0.05, 0) is 49.6 Å². The summed E-state index contributed by atoms with van der Waals surface area (Å²) < 4.78 is 23.8. The predicted octanol–water partition coefficient (Wildman–Crippen LogP) is 3.27. The van der Waals surface area contributed by atoms with Gasteiger partial charge >= 0.3 is 11.9 Å². The van der Waals surface area contributed by atoms with Crippen molar-refractivity contribution in [3.63, 3.8) is 0 Å². The van der Waals surface area contributed by atoms with Crippen LogP contribution in [0.15, 0.2) is 55.8 Å². The molecule has 0 fully saturated rings. The highest BCUT2D eigenvalue weighted by atomic mass is 32.1. The Morgan fingerprint density at radius 1 is 1.19 bits per heavy atom. The van der Waals surface area contributed by atoms with E-state index >= 15 is 0 Å². The molecule has 1 aromatic carbocycles. The second-order valence-corrected chi connectivity index (χ2v) is 10.0. The van der Waals surface area contributed by atoms with E-state index in [9.17, 15) is 14.4 Å². The number of fused-ring (bicyclic) bond motifs is 1. The average Bonchev–Trinajstić information content (AvgIpc) is 3.38. The van der Waals surface area contributed by atoms with Crippen molar-refractivity contribution in [2.75, 3.05) is 13.7 Å². The van der Waals surface area contributed by atoms with Gasteiger partial charge in [-0.15, -0.1) is 0 Å². The quantitative estimate of drug-likeness (QED) is 0.345. The molecule has 194 valence electrons. The van der Waals surface area contributed by atoms with Gasteiger partial charge in [0.1, 0.15) is 11.5 Å². The standard InChI is InChI=1S/C27H28N2O7S/c1-14(2)13-34-26(32)23-16(4)28-27-29(25(31)22(37-27)12-19-9-7-15(3)35-19)24(23)18-8-10-20(36-17(5)30)21(11-18)33-6/h7-12,14,24H,13H2,1-6H3/b22-12+/t24-/m1/s1. The van der Waals surface area contributed by atoms with Crippen molar-refractivity contribution in [1.82, 2.24) is 4.57 Å². The van der Waals surface area contributed by atoms with Crippen LogP contribution < -0.4 is 24.4 Å². The number of methoxy groups -OCH3 is 1. The highest BCUT2D eigenvalue weighted by Gasteiger charge is 2.34. The van der Waals surface area contributed by atoms with E-state index in [1.165, 1.54) is 29.9 Å². The molecule has 37 heavy (non-hydrogen) atoms. The number of esters is 2. The molecule has 4 rings (SSSR count). The number of allylic oxidation sites excluding steroid dienone is 1. The summed E-state index contributed by atoms with van der Waals surface area (Å²) in [5, 5.41) is 0. The second-order valence-electron chi connectivity index (χ2n) is 9.03. The van der Waals surface area contributed by atoms with Crippen molar-refractivity contribution in [2.45, 2.75) is 40.7 Å². The van der Waals surface area contributed by atoms with Gasteiger partial charge in [-0.3, -0.25) is 14.2 Å². The van der Waals surface area contributed by atoms with Crippen molar-refractivity contribution in [2.24, 2.45) is 10.9 Å². The van der Waals surface area contributed by atoms with Crippen molar-refractivity contribution in [1.29, 1.82) is 0 Å². The fourth-order valence-electron chi connectivity index (χ4n) is 3.97. The van der Waals surface area contributed by atoms with Crippen LogP contribution in [-0.4, -0.2) is 30.2 Å². The maximum absolute atomic E-state index is 13.7. The summed E-state index contributed by atoms with van der Waals surface area (Å²) in [6.07, 6.45) is 1.66. The van der Waals surface area contributed by atoms with Crippen LogP contribution in [0, 0.1) is 12.8 Å². The van der Waals surface area contributed by atoms with E-state index in [0.29, 0.717) is 26.4 Å². The van der Waals surface area contributed by atoms with Crippen LogP contribution in [0.25, 0.3) is 6.08 Å². The van der Waals surface area contributed by atoms with Crippen LogP contribution in [0.1, 0.15) is 50.8 Å². The van der Waals surface area contributed by atoms with Crippen LogP contribution in [-0.2, 0) is 14.3 Å². The van der Waals surface area contributed by atoms with E-state index < -0.39 is 18.0 Å². The molecule has 2 aromatic heterocycles. The fraction of sp³-hybridized carbons (Fsp3) is 0.333. The molecule has 0 amide bonds. The lowest BCUT2D eigenvalue weighted by Gasteiger charge is -2.25. The number of thiazole rings is 1. The Balaban J connectivity index is 1.92. The Bertz CT molecular complexity index is 1570. The Hall–Kier alpha value is -3.92. The minimum atomic E-state index is -0.836. The minimum Gasteiger partial charge on any atom is -0.493 e. The smallest absolute Gasteiger partial charge is 0.338 e. The molecule has 10 heteroatoms. The summed E-state index contributed by atoms with van der Waals surface area (Å²) in [5.74, 6) is 0.848. The zero-order valence-electron chi connectivity index (χ0n) is 21.5. The predicted molar refractivity (Wildman–Crippen MR) is 137 cm³/mol. The van der Waals surface area contributed by atoms with E-state index in [1.807, 2.05) is 26.8 Å². The fourth-order valence-corrected chi connectivity index (χ4v) is 5.00. The number of hydrogen-bond donors (Lipinski definition) is 0. The summed E-state index contributed by atoms with van der Waals surface area (Å²) in [5.41, 5.74) is 0.937. The van der Waals surface area contributed by atoms with Crippen LogP contribution in [0.4, 0.5) is 0 Å². The lowest BCUT2D eigenvalue weighted by Crippen LogP contribution is -2.40. The molecular formula is C27H28N2O7S. The molecule has 1 atom stereocenters. The molecular weight excluding hydrogens is 496 g/mol. The second kappa shape index (κ2) is 10.6. The molecule has 0 radical (unpaired) electrons. The van der Waals surface area contributed by atoms with Crippen LogP contribution in [0.5, 0.6) is 11.5 Å². The summed E-state index contributed by atoms with van der Waals surface area (Å²) in [7, 11) is 1.45. The van der Waals surface area contributed by atoms with Crippen molar-refractivity contribution < 1.29 is 28.2 Å². The lowest BCUT2D eigenvalue weighted by molar-refractivity contribution is -0.140. The van der Waals surface area contributed by atoms with Crippen molar-refractivity contribution in [3.05, 3.63) is 78.4 Å². The number of aryl methyl sites for hydroxylation is 1. The number of nitrogens with zero attached hydrogens (tertiary/aromatic N) is 2. The van der Waals surface area contributed by atoms with Gasteiger partial charge in [0, 0.05) is 13.0 Å². The number of rotatable bonds is 7. The van der Waals surface area contributed by atoms with Gasteiger partial charge in [0.15, 0.2) is 16.3 Å². The Morgan fingerprint density at radius 2 is 1.95 bits per heavy atom. The highest BCUT2D eigenvalue weighted by molar-refractivity contribution is 7.07. The van der Waals surface area contributed by atoms with E-state index in [0.717, 1.165) is 5.76 Å². The first kappa shape index (κ1) is 26.2. The summed E-state index contributed by atoms with van der Waals surface area (Å²) in [6, 6.07) is 7.66. The summed E-state index contributed by atoms with van der Waals surface area (Å²) in [6.45, 7) is 8.94. The summed E-state index contributed by atoms with van der Waals surface area (Å²) >= 11 is 1.20. The molecule has 0 N–H and O–H groups in total. The number of hydrogen-bond acceptors (Lipinski definition) is 9. The first-order chi connectivity index (χ1) is 17.6. The first-order valence-electron chi connectivity index (χ1n) is 11.7. The van der Waals surface area contributed by atoms with E-state index in [-0.39, 0.29) is 35.2 Å². The maximum Gasteiger partial charge on any atom is 0.338 e. The van der Waals surface area contributed by atoms with E-state index in [4.69, 9.17) is 18.6 Å². The van der Waals surface area contributed by atoms with Gasteiger partial charge in [-0.1, -0.05) is 31.3 Å². The lowest BCUT2D eigenvalue weighted by atomic mass is 9.95. The molecule has 0 aliphatic carbocycles. The number of carbonyl (C=O) groups is 2. The number of furan rings is 1. The monoisotopic (exact) mass is 524 g/mol.